The Balaban J connectivity index is 2.10. The largest absolute Gasteiger partial charge is 0.478 e. The van der Waals surface area contributed by atoms with Crippen LogP contribution in [0.1, 0.15) is 21.7 Å². The van der Waals surface area contributed by atoms with Crippen molar-refractivity contribution in [3.63, 3.8) is 0 Å². The summed E-state index contributed by atoms with van der Waals surface area (Å²) in [5, 5.41) is 42.5. The van der Waals surface area contributed by atoms with Crippen molar-refractivity contribution in [2.24, 2.45) is 0 Å². The summed E-state index contributed by atoms with van der Waals surface area (Å²) in [5.41, 5.74) is 1.62. The van der Waals surface area contributed by atoms with Gasteiger partial charge in [-0.1, -0.05) is 10.4 Å². The first kappa shape index (κ1) is 14.8. The van der Waals surface area contributed by atoms with Gasteiger partial charge in [0.05, 0.1) is 42.5 Å². The highest BCUT2D eigenvalue weighted by molar-refractivity contribution is 5.89. The number of aromatic nitrogens is 6. The summed E-state index contributed by atoms with van der Waals surface area (Å²) in [6.07, 6.45) is 2.98. The minimum absolute atomic E-state index is 0.0274. The maximum absolute atomic E-state index is 11.3. The average molecular weight is 316 g/mol. The lowest BCUT2D eigenvalue weighted by Gasteiger charge is -2.07. The van der Waals surface area contributed by atoms with Crippen LogP contribution in [0.3, 0.4) is 0 Å². The van der Waals surface area contributed by atoms with Crippen molar-refractivity contribution in [3.05, 3.63) is 47.5 Å². The lowest BCUT2D eigenvalue weighted by atomic mass is 10.1. The van der Waals surface area contributed by atoms with Gasteiger partial charge >= 0.3 is 5.97 Å². The van der Waals surface area contributed by atoms with Crippen LogP contribution in [0.4, 0.5) is 0 Å². The van der Waals surface area contributed by atoms with Crippen molar-refractivity contribution >= 4 is 5.97 Å². The van der Waals surface area contributed by atoms with Gasteiger partial charge in [0, 0.05) is 0 Å². The van der Waals surface area contributed by atoms with Gasteiger partial charge < -0.3 is 15.3 Å². The standard InChI is InChI=1S/C13H12N6O4/c20-6-9-4-18(16-14-9)11-1-8(13(22)23)2-12(3-11)19-5-10(7-21)15-17-19/h1-5,20-21H,6-7H2,(H,22,23). The van der Waals surface area contributed by atoms with Crippen LogP contribution in [0.15, 0.2) is 30.6 Å². The topological polar surface area (TPSA) is 139 Å². The Morgan fingerprint density at radius 1 is 0.913 bits per heavy atom. The van der Waals surface area contributed by atoms with Crippen LogP contribution < -0.4 is 0 Å². The molecule has 3 rings (SSSR count). The molecule has 10 heteroatoms. The summed E-state index contributed by atoms with van der Waals surface area (Å²) < 4.78 is 2.71. The van der Waals surface area contributed by atoms with Gasteiger partial charge in [-0.3, -0.25) is 0 Å². The van der Waals surface area contributed by atoms with Crippen molar-refractivity contribution < 1.29 is 20.1 Å². The first-order valence-corrected chi connectivity index (χ1v) is 6.54. The predicted octanol–water partition coefficient (Wildman–Crippen LogP) is -0.469. The minimum atomic E-state index is -1.11. The molecule has 2 aromatic heterocycles. The third-order valence-electron chi connectivity index (χ3n) is 3.08. The molecule has 0 aliphatic heterocycles. The highest BCUT2D eigenvalue weighted by Gasteiger charge is 2.12. The highest BCUT2D eigenvalue weighted by atomic mass is 16.4. The third kappa shape index (κ3) is 2.93. The maximum Gasteiger partial charge on any atom is 0.335 e. The fourth-order valence-corrected chi connectivity index (χ4v) is 1.98. The zero-order valence-electron chi connectivity index (χ0n) is 11.7. The molecule has 23 heavy (non-hydrogen) atoms. The zero-order valence-corrected chi connectivity index (χ0v) is 11.7. The number of aliphatic hydroxyl groups is 2. The molecule has 0 bridgehead atoms. The van der Waals surface area contributed by atoms with E-state index in [0.717, 1.165) is 0 Å². The van der Waals surface area contributed by atoms with E-state index in [-0.39, 0.29) is 18.8 Å². The van der Waals surface area contributed by atoms with E-state index in [1.54, 1.807) is 6.07 Å². The quantitative estimate of drug-likeness (QED) is 0.574. The number of rotatable bonds is 5. The molecule has 1 aromatic carbocycles. The molecular formula is C13H12N6O4. The first-order valence-electron chi connectivity index (χ1n) is 6.54. The molecule has 118 valence electrons. The van der Waals surface area contributed by atoms with E-state index in [2.05, 4.69) is 20.6 Å². The molecule has 2 heterocycles. The first-order chi connectivity index (χ1) is 11.1. The number of aromatic carboxylic acids is 1. The Kier molecular flexibility index (Phi) is 3.83. The predicted molar refractivity (Wildman–Crippen MR) is 75.1 cm³/mol. The summed E-state index contributed by atoms with van der Waals surface area (Å²) in [6.45, 7) is -0.539. The second kappa shape index (κ2) is 5.94. The molecule has 0 radical (unpaired) electrons. The summed E-state index contributed by atoms with van der Waals surface area (Å²) in [7, 11) is 0. The number of carboxylic acid groups (broad SMARTS) is 1. The summed E-state index contributed by atoms with van der Waals surface area (Å²) in [4.78, 5) is 11.3. The van der Waals surface area contributed by atoms with Crippen molar-refractivity contribution in [1.82, 2.24) is 30.0 Å². The van der Waals surface area contributed by atoms with E-state index in [1.807, 2.05) is 0 Å². The molecule has 0 fully saturated rings. The average Bonchev–Trinajstić information content (AvgIpc) is 3.23. The van der Waals surface area contributed by atoms with E-state index < -0.39 is 5.97 Å². The molecule has 3 N–H and O–H groups in total. The van der Waals surface area contributed by atoms with Gasteiger partial charge in [0.2, 0.25) is 0 Å². The normalized spacial score (nSPS) is 10.9. The number of hydrogen-bond donors (Lipinski definition) is 3. The van der Waals surface area contributed by atoms with Crippen LogP contribution in [-0.2, 0) is 13.2 Å². The Labute approximate surface area is 129 Å². The highest BCUT2D eigenvalue weighted by Crippen LogP contribution is 2.17. The van der Waals surface area contributed by atoms with Crippen LogP contribution in [0.5, 0.6) is 0 Å². The van der Waals surface area contributed by atoms with Gasteiger partial charge in [-0.25, -0.2) is 14.2 Å². The lowest BCUT2D eigenvalue weighted by molar-refractivity contribution is 0.0696. The molecule has 0 unspecified atom stereocenters. The van der Waals surface area contributed by atoms with Crippen LogP contribution in [0.25, 0.3) is 11.4 Å². The molecule has 0 spiro atoms. The number of carboxylic acids is 1. The van der Waals surface area contributed by atoms with E-state index >= 15 is 0 Å². The van der Waals surface area contributed by atoms with E-state index in [4.69, 9.17) is 10.2 Å². The molecule has 0 atom stereocenters. The van der Waals surface area contributed by atoms with Gasteiger partial charge in [0.15, 0.2) is 0 Å². The number of hydrogen-bond acceptors (Lipinski definition) is 7. The molecule has 3 aromatic rings. The van der Waals surface area contributed by atoms with Gasteiger partial charge in [0.25, 0.3) is 0 Å². The molecule has 10 nitrogen and oxygen atoms in total. The number of nitrogens with zero attached hydrogens (tertiary/aromatic N) is 6. The summed E-state index contributed by atoms with van der Waals surface area (Å²) >= 11 is 0. The number of benzene rings is 1. The van der Waals surface area contributed by atoms with Crippen molar-refractivity contribution in [3.8, 4) is 11.4 Å². The molecule has 0 saturated carbocycles. The van der Waals surface area contributed by atoms with Crippen LogP contribution in [0, 0.1) is 0 Å². The zero-order chi connectivity index (χ0) is 16.4. The summed E-state index contributed by atoms with van der Waals surface area (Å²) in [5.74, 6) is -1.11. The number of aliphatic hydroxyl groups excluding tert-OH is 2. The Morgan fingerprint density at radius 3 is 1.74 bits per heavy atom. The van der Waals surface area contributed by atoms with Crippen molar-refractivity contribution in [2.75, 3.05) is 0 Å². The smallest absolute Gasteiger partial charge is 0.335 e. The van der Waals surface area contributed by atoms with Crippen LogP contribution >= 0.6 is 0 Å². The second-order valence-corrected chi connectivity index (χ2v) is 4.67. The minimum Gasteiger partial charge on any atom is -0.478 e. The Morgan fingerprint density at radius 2 is 1.39 bits per heavy atom. The van der Waals surface area contributed by atoms with E-state index in [1.165, 1.54) is 33.9 Å². The van der Waals surface area contributed by atoms with Gasteiger partial charge in [-0.2, -0.15) is 0 Å². The second-order valence-electron chi connectivity index (χ2n) is 4.67. The summed E-state index contributed by atoms with van der Waals surface area (Å²) in [6, 6.07) is 4.48. The molecule has 0 aliphatic rings. The molecule has 0 amide bonds. The Hall–Kier alpha value is -3.11. The molecular weight excluding hydrogens is 304 g/mol. The van der Waals surface area contributed by atoms with E-state index in [0.29, 0.717) is 22.8 Å². The maximum atomic E-state index is 11.3. The fraction of sp³-hybridized carbons (Fsp3) is 0.154. The van der Waals surface area contributed by atoms with Crippen LogP contribution in [0.2, 0.25) is 0 Å². The van der Waals surface area contributed by atoms with Crippen molar-refractivity contribution in [1.29, 1.82) is 0 Å². The third-order valence-corrected chi connectivity index (χ3v) is 3.08. The molecule has 0 saturated heterocycles. The van der Waals surface area contributed by atoms with Crippen LogP contribution in [-0.4, -0.2) is 51.3 Å². The molecule has 0 aliphatic carbocycles. The Bertz CT molecular complexity index is 795. The van der Waals surface area contributed by atoms with Gasteiger partial charge in [-0.05, 0) is 18.2 Å². The number of carbonyl (C=O) groups is 1. The van der Waals surface area contributed by atoms with Gasteiger partial charge in [-0.15, -0.1) is 10.2 Å². The monoisotopic (exact) mass is 316 g/mol. The van der Waals surface area contributed by atoms with E-state index in [9.17, 15) is 9.90 Å². The van der Waals surface area contributed by atoms with Crippen molar-refractivity contribution in [2.45, 2.75) is 13.2 Å². The fourth-order valence-electron chi connectivity index (χ4n) is 1.98. The van der Waals surface area contributed by atoms with Gasteiger partial charge in [0.1, 0.15) is 11.4 Å². The lowest BCUT2D eigenvalue weighted by Crippen LogP contribution is -2.05. The SMILES string of the molecule is O=C(O)c1cc(-n2cc(CO)nn2)cc(-n2cc(CO)nn2)c1.